The maximum atomic E-state index is 3.22. The van der Waals surface area contributed by atoms with E-state index in [0.29, 0.717) is 0 Å². The molecule has 0 unspecified atom stereocenters. The smallest absolute Gasteiger partial charge is 0.0206 e. The molecule has 0 aliphatic carbocycles. The van der Waals surface area contributed by atoms with E-state index in [1.54, 1.807) is 0 Å². The van der Waals surface area contributed by atoms with Gasteiger partial charge in [0, 0.05) is 0 Å². The first kappa shape index (κ1) is 19.3. The maximum absolute atomic E-state index is 3.22. The second-order valence-corrected chi connectivity index (χ2v) is 5.70. The van der Waals surface area contributed by atoms with Crippen molar-refractivity contribution in [1.29, 1.82) is 0 Å². The van der Waals surface area contributed by atoms with Crippen molar-refractivity contribution in [2.45, 2.75) is 97.3 Å². The summed E-state index contributed by atoms with van der Waals surface area (Å²) in [6, 6.07) is 0. The third kappa shape index (κ3) is 17.3. The van der Waals surface area contributed by atoms with E-state index in [-0.39, 0.29) is 0 Å². The Bertz CT molecular complexity index is 253. The molecule has 0 nitrogen and oxygen atoms in total. The number of unbranched alkanes of at least 4 members (excludes halogenated alkanes) is 11. The highest BCUT2D eigenvalue weighted by Gasteiger charge is 1.92. The van der Waals surface area contributed by atoms with Gasteiger partial charge in [-0.1, -0.05) is 90.2 Å². The highest BCUT2D eigenvalue weighted by molar-refractivity contribution is 5.01. The van der Waals surface area contributed by atoms with E-state index in [0.717, 1.165) is 6.42 Å². The molecule has 0 heteroatoms. The standard InChI is InChI=1S/C20H36/c1-3-5-7-9-11-13-15-17-19-20-18-16-14-12-10-8-6-4-2/h5,7,9,13H,3-4,6,8,10,12,14-20H2,1-2H3/b7-5+. The molecule has 0 N–H and O–H groups in total. The summed E-state index contributed by atoms with van der Waals surface area (Å²) >= 11 is 0. The lowest BCUT2D eigenvalue weighted by Gasteiger charge is -2.01. The molecule has 0 saturated carbocycles. The van der Waals surface area contributed by atoms with Crippen LogP contribution in [0.5, 0.6) is 0 Å². The molecule has 0 heterocycles. The molecule has 0 amide bonds. The lowest BCUT2D eigenvalue weighted by Crippen LogP contribution is -1.81. The van der Waals surface area contributed by atoms with Gasteiger partial charge in [0.05, 0.1) is 0 Å². The predicted octanol–water partition coefficient (Wildman–Crippen LogP) is 7.37. The molecule has 0 aliphatic heterocycles. The van der Waals surface area contributed by atoms with Gasteiger partial charge in [-0.25, -0.2) is 0 Å². The average Bonchev–Trinajstić information content (AvgIpc) is 2.47. The van der Waals surface area contributed by atoms with Crippen molar-refractivity contribution in [1.82, 2.24) is 0 Å². The Kier molecular flexibility index (Phi) is 17.6. The van der Waals surface area contributed by atoms with Gasteiger partial charge in [-0.3, -0.25) is 0 Å². The van der Waals surface area contributed by atoms with E-state index in [1.165, 1.54) is 77.0 Å². The molecule has 0 rings (SSSR count). The van der Waals surface area contributed by atoms with Crippen LogP contribution in [0.15, 0.2) is 30.0 Å². The van der Waals surface area contributed by atoms with Crippen LogP contribution in [0.2, 0.25) is 0 Å². The van der Waals surface area contributed by atoms with Crippen LogP contribution in [0.25, 0.3) is 0 Å². The van der Waals surface area contributed by atoms with E-state index in [1.807, 2.05) is 6.08 Å². The van der Waals surface area contributed by atoms with Gasteiger partial charge in [0.25, 0.3) is 0 Å². The van der Waals surface area contributed by atoms with Crippen molar-refractivity contribution in [3.63, 3.8) is 0 Å². The first-order chi connectivity index (χ1) is 9.91. The van der Waals surface area contributed by atoms with Crippen LogP contribution < -0.4 is 0 Å². The normalized spacial score (nSPS) is 10.7. The van der Waals surface area contributed by atoms with Crippen molar-refractivity contribution < 1.29 is 0 Å². The molecular formula is C20H36. The maximum Gasteiger partial charge on any atom is -0.0206 e. The highest BCUT2D eigenvalue weighted by atomic mass is 14.0. The van der Waals surface area contributed by atoms with Crippen LogP contribution >= 0.6 is 0 Å². The zero-order valence-corrected chi connectivity index (χ0v) is 14.0. The van der Waals surface area contributed by atoms with Crippen molar-refractivity contribution in [3.05, 3.63) is 30.0 Å². The minimum atomic E-state index is 1.11. The molecule has 0 aliphatic rings. The SMILES string of the molecule is CC/C=C/C=C=CCCCCCCCCCCCCC. The second-order valence-electron chi connectivity index (χ2n) is 5.70. The van der Waals surface area contributed by atoms with E-state index in [4.69, 9.17) is 0 Å². The van der Waals surface area contributed by atoms with Crippen LogP contribution in [0, 0.1) is 0 Å². The number of hydrogen-bond acceptors (Lipinski definition) is 0. The van der Waals surface area contributed by atoms with Crippen LogP contribution in [-0.4, -0.2) is 0 Å². The molecule has 0 aromatic rings. The Morgan fingerprint density at radius 2 is 1.25 bits per heavy atom. The van der Waals surface area contributed by atoms with Crippen LogP contribution in [0.4, 0.5) is 0 Å². The van der Waals surface area contributed by atoms with Crippen molar-refractivity contribution in [3.8, 4) is 0 Å². The van der Waals surface area contributed by atoms with Crippen molar-refractivity contribution >= 4 is 0 Å². The fraction of sp³-hybridized carbons (Fsp3) is 0.750. The summed E-state index contributed by atoms with van der Waals surface area (Å²) in [6.07, 6.45) is 26.3. The van der Waals surface area contributed by atoms with Gasteiger partial charge in [0.2, 0.25) is 0 Å². The summed E-state index contributed by atoms with van der Waals surface area (Å²) in [7, 11) is 0. The number of allylic oxidation sites excluding steroid dienone is 3. The summed E-state index contributed by atoms with van der Waals surface area (Å²) in [5.74, 6) is 0. The summed E-state index contributed by atoms with van der Waals surface area (Å²) in [4.78, 5) is 0. The van der Waals surface area contributed by atoms with Gasteiger partial charge in [0.1, 0.15) is 0 Å². The van der Waals surface area contributed by atoms with Crippen molar-refractivity contribution in [2.75, 3.05) is 0 Å². The van der Waals surface area contributed by atoms with Crippen LogP contribution in [0.3, 0.4) is 0 Å². The van der Waals surface area contributed by atoms with Gasteiger partial charge in [0.15, 0.2) is 0 Å². The monoisotopic (exact) mass is 276 g/mol. The zero-order chi connectivity index (χ0) is 14.7. The fourth-order valence-corrected chi connectivity index (χ4v) is 2.32. The average molecular weight is 277 g/mol. The molecule has 0 bridgehead atoms. The van der Waals surface area contributed by atoms with E-state index < -0.39 is 0 Å². The molecule has 0 fully saturated rings. The molecule has 0 saturated heterocycles. The summed E-state index contributed by atoms with van der Waals surface area (Å²) in [5, 5.41) is 0. The van der Waals surface area contributed by atoms with E-state index in [2.05, 4.69) is 37.8 Å². The Balaban J connectivity index is 3.13. The Labute approximate surface area is 128 Å². The molecule has 116 valence electrons. The lowest BCUT2D eigenvalue weighted by atomic mass is 10.1. The van der Waals surface area contributed by atoms with Crippen LogP contribution in [0.1, 0.15) is 97.3 Å². The lowest BCUT2D eigenvalue weighted by molar-refractivity contribution is 0.550. The zero-order valence-electron chi connectivity index (χ0n) is 14.0. The summed E-state index contributed by atoms with van der Waals surface area (Å²) < 4.78 is 0. The Hall–Kier alpha value is -0.740. The molecule has 0 atom stereocenters. The molecule has 20 heavy (non-hydrogen) atoms. The van der Waals surface area contributed by atoms with Crippen LogP contribution in [-0.2, 0) is 0 Å². The van der Waals surface area contributed by atoms with Gasteiger partial charge in [-0.15, -0.1) is 5.73 Å². The van der Waals surface area contributed by atoms with Gasteiger partial charge >= 0.3 is 0 Å². The molecule has 0 spiro atoms. The van der Waals surface area contributed by atoms with Gasteiger partial charge in [-0.05, 0) is 31.4 Å². The minimum Gasteiger partial charge on any atom is -0.125 e. The first-order valence-electron chi connectivity index (χ1n) is 8.97. The topological polar surface area (TPSA) is 0 Å². The largest absolute Gasteiger partial charge is 0.125 e. The van der Waals surface area contributed by atoms with Gasteiger partial charge < -0.3 is 0 Å². The number of rotatable bonds is 14. The van der Waals surface area contributed by atoms with E-state index >= 15 is 0 Å². The predicted molar refractivity (Wildman–Crippen MR) is 93.2 cm³/mol. The van der Waals surface area contributed by atoms with Crippen molar-refractivity contribution in [2.24, 2.45) is 0 Å². The second kappa shape index (κ2) is 18.3. The molecule has 0 aromatic carbocycles. The quantitative estimate of drug-likeness (QED) is 0.176. The fourth-order valence-electron chi connectivity index (χ4n) is 2.32. The summed E-state index contributed by atoms with van der Waals surface area (Å²) in [5.41, 5.74) is 3.22. The Morgan fingerprint density at radius 3 is 1.80 bits per heavy atom. The summed E-state index contributed by atoms with van der Waals surface area (Å²) in [6.45, 7) is 4.44. The molecule has 0 radical (unpaired) electrons. The Morgan fingerprint density at radius 1 is 0.700 bits per heavy atom. The molecular weight excluding hydrogens is 240 g/mol. The third-order valence-corrected chi connectivity index (χ3v) is 3.63. The third-order valence-electron chi connectivity index (χ3n) is 3.63. The highest BCUT2D eigenvalue weighted by Crippen LogP contribution is 2.11. The minimum absolute atomic E-state index is 1.11. The first-order valence-corrected chi connectivity index (χ1v) is 8.97. The number of hydrogen-bond donors (Lipinski definition) is 0. The molecule has 0 aromatic heterocycles. The van der Waals surface area contributed by atoms with E-state index in [9.17, 15) is 0 Å². The van der Waals surface area contributed by atoms with Gasteiger partial charge in [-0.2, -0.15) is 0 Å².